The van der Waals surface area contributed by atoms with Crippen LogP contribution in [0.2, 0.25) is 0 Å². The lowest BCUT2D eigenvalue weighted by Gasteiger charge is -2.15. The molecule has 1 N–H and O–H groups in total. The number of aromatic amines is 1. The Morgan fingerprint density at radius 1 is 0.900 bits per heavy atom. The van der Waals surface area contributed by atoms with Gasteiger partial charge in [0.1, 0.15) is 5.82 Å². The van der Waals surface area contributed by atoms with Crippen molar-refractivity contribution in [3.63, 3.8) is 0 Å². The van der Waals surface area contributed by atoms with Crippen molar-refractivity contribution in [2.24, 2.45) is 0 Å². The van der Waals surface area contributed by atoms with Crippen LogP contribution in [0.25, 0.3) is 0 Å². The number of benzene rings is 2. The van der Waals surface area contributed by atoms with Gasteiger partial charge in [-0.3, -0.25) is 5.10 Å². The van der Waals surface area contributed by atoms with Crippen LogP contribution < -0.4 is 0 Å². The summed E-state index contributed by atoms with van der Waals surface area (Å²) >= 11 is 1.66. The van der Waals surface area contributed by atoms with Crippen LogP contribution in [0, 0.1) is 6.92 Å². The summed E-state index contributed by atoms with van der Waals surface area (Å²) in [6, 6.07) is 20.9. The van der Waals surface area contributed by atoms with E-state index in [9.17, 15) is 0 Å². The van der Waals surface area contributed by atoms with Gasteiger partial charge in [0.2, 0.25) is 5.16 Å². The minimum absolute atomic E-state index is 0.201. The molecule has 0 saturated heterocycles. The van der Waals surface area contributed by atoms with Crippen LogP contribution in [-0.4, -0.2) is 15.2 Å². The van der Waals surface area contributed by atoms with Gasteiger partial charge in [-0.1, -0.05) is 72.4 Å². The summed E-state index contributed by atoms with van der Waals surface area (Å²) in [5, 5.41) is 8.11. The Bertz CT molecular complexity index is 625. The van der Waals surface area contributed by atoms with Crippen molar-refractivity contribution < 1.29 is 0 Å². The summed E-state index contributed by atoms with van der Waals surface area (Å²) in [5.74, 6) is 0.840. The highest BCUT2D eigenvalue weighted by molar-refractivity contribution is 7.99. The van der Waals surface area contributed by atoms with Crippen LogP contribution in [0.15, 0.2) is 65.8 Å². The van der Waals surface area contributed by atoms with E-state index in [1.807, 2.05) is 19.1 Å². The standard InChI is InChI=1S/C16H15N3S/c1-12-17-16(19-18-12)20-15(13-8-4-2-5-9-13)14-10-6-3-7-11-14/h2-11,15H,1H3,(H,17,18,19). The first-order chi connectivity index (χ1) is 9.83. The summed E-state index contributed by atoms with van der Waals surface area (Å²) in [6.45, 7) is 1.91. The van der Waals surface area contributed by atoms with Crippen molar-refractivity contribution in [2.75, 3.05) is 0 Å². The third kappa shape index (κ3) is 2.91. The number of nitrogens with one attached hydrogen (secondary N) is 1. The zero-order valence-electron chi connectivity index (χ0n) is 11.2. The van der Waals surface area contributed by atoms with Crippen LogP contribution in [0.5, 0.6) is 0 Å². The van der Waals surface area contributed by atoms with Gasteiger partial charge in [0, 0.05) is 0 Å². The first-order valence-corrected chi connectivity index (χ1v) is 7.36. The van der Waals surface area contributed by atoms with Gasteiger partial charge < -0.3 is 0 Å². The van der Waals surface area contributed by atoms with E-state index in [0.717, 1.165) is 11.0 Å². The molecule has 0 bridgehead atoms. The molecule has 100 valence electrons. The second-order valence-electron chi connectivity index (χ2n) is 4.52. The topological polar surface area (TPSA) is 41.6 Å². The maximum atomic E-state index is 4.40. The lowest BCUT2D eigenvalue weighted by atomic mass is 10.0. The Morgan fingerprint density at radius 3 is 1.90 bits per heavy atom. The molecular formula is C16H15N3S. The van der Waals surface area contributed by atoms with Crippen LogP contribution >= 0.6 is 11.8 Å². The number of thioether (sulfide) groups is 1. The highest BCUT2D eigenvalue weighted by Gasteiger charge is 2.17. The number of aromatic nitrogens is 3. The van der Waals surface area contributed by atoms with Gasteiger partial charge in [0.25, 0.3) is 0 Å². The fourth-order valence-electron chi connectivity index (χ4n) is 2.06. The molecule has 0 radical (unpaired) electrons. The van der Waals surface area contributed by atoms with Crippen LogP contribution in [0.4, 0.5) is 0 Å². The molecule has 0 unspecified atom stereocenters. The predicted octanol–water partition coefficient (Wildman–Crippen LogP) is 3.99. The predicted molar refractivity (Wildman–Crippen MR) is 81.7 cm³/mol. The number of nitrogens with zero attached hydrogens (tertiary/aromatic N) is 2. The SMILES string of the molecule is Cc1nc(SC(c2ccccc2)c2ccccc2)n[nH]1. The van der Waals surface area contributed by atoms with Gasteiger partial charge in [0.05, 0.1) is 5.25 Å². The fourth-order valence-corrected chi connectivity index (χ4v) is 3.15. The van der Waals surface area contributed by atoms with Crippen molar-refractivity contribution in [1.29, 1.82) is 0 Å². The van der Waals surface area contributed by atoms with E-state index >= 15 is 0 Å². The van der Waals surface area contributed by atoms with Crippen molar-refractivity contribution in [1.82, 2.24) is 15.2 Å². The minimum atomic E-state index is 0.201. The Balaban J connectivity index is 1.96. The highest BCUT2D eigenvalue weighted by Crippen LogP contribution is 2.38. The largest absolute Gasteiger partial charge is 0.262 e. The molecule has 1 aromatic heterocycles. The highest BCUT2D eigenvalue weighted by atomic mass is 32.2. The van der Waals surface area contributed by atoms with E-state index < -0.39 is 0 Å². The maximum Gasteiger partial charge on any atom is 0.209 e. The number of hydrogen-bond acceptors (Lipinski definition) is 3. The average molecular weight is 281 g/mol. The number of hydrogen-bond donors (Lipinski definition) is 1. The van der Waals surface area contributed by atoms with Crippen molar-refractivity contribution in [3.05, 3.63) is 77.6 Å². The van der Waals surface area contributed by atoms with E-state index in [-0.39, 0.29) is 5.25 Å². The quantitative estimate of drug-likeness (QED) is 0.735. The molecule has 0 aliphatic carbocycles. The minimum Gasteiger partial charge on any atom is -0.262 e. The van der Waals surface area contributed by atoms with Gasteiger partial charge in [-0.05, 0) is 18.1 Å². The molecule has 0 aliphatic rings. The van der Waals surface area contributed by atoms with E-state index in [1.165, 1.54) is 11.1 Å². The summed E-state index contributed by atoms with van der Waals surface area (Å²) in [7, 11) is 0. The number of aryl methyl sites for hydroxylation is 1. The van der Waals surface area contributed by atoms with Gasteiger partial charge in [-0.15, -0.1) is 5.10 Å². The van der Waals surface area contributed by atoms with E-state index in [2.05, 4.69) is 63.7 Å². The first kappa shape index (κ1) is 12.9. The third-order valence-corrected chi connectivity index (χ3v) is 4.18. The van der Waals surface area contributed by atoms with Gasteiger partial charge >= 0.3 is 0 Å². The Morgan fingerprint density at radius 2 is 1.45 bits per heavy atom. The van der Waals surface area contributed by atoms with Gasteiger partial charge in [-0.2, -0.15) is 0 Å². The molecule has 0 fully saturated rings. The summed E-state index contributed by atoms with van der Waals surface area (Å²) in [6.07, 6.45) is 0. The van der Waals surface area contributed by atoms with E-state index in [4.69, 9.17) is 0 Å². The van der Waals surface area contributed by atoms with Crippen molar-refractivity contribution >= 4 is 11.8 Å². The zero-order chi connectivity index (χ0) is 13.8. The molecular weight excluding hydrogens is 266 g/mol. The number of rotatable bonds is 4. The molecule has 0 saturated carbocycles. The molecule has 3 nitrogen and oxygen atoms in total. The lowest BCUT2D eigenvalue weighted by molar-refractivity contribution is 0.962. The summed E-state index contributed by atoms with van der Waals surface area (Å²) in [5.41, 5.74) is 2.51. The van der Waals surface area contributed by atoms with Gasteiger partial charge in [-0.25, -0.2) is 4.98 Å². The van der Waals surface area contributed by atoms with E-state index in [1.54, 1.807) is 11.8 Å². The number of H-pyrrole nitrogens is 1. The fraction of sp³-hybridized carbons (Fsp3) is 0.125. The van der Waals surface area contributed by atoms with Crippen LogP contribution in [-0.2, 0) is 0 Å². The first-order valence-electron chi connectivity index (χ1n) is 6.48. The average Bonchev–Trinajstić information content (AvgIpc) is 2.92. The summed E-state index contributed by atoms with van der Waals surface area (Å²) in [4.78, 5) is 4.40. The van der Waals surface area contributed by atoms with Crippen LogP contribution in [0.3, 0.4) is 0 Å². The second kappa shape index (κ2) is 5.92. The molecule has 0 atom stereocenters. The molecule has 1 heterocycles. The molecule has 4 heteroatoms. The smallest absolute Gasteiger partial charge is 0.209 e. The molecule has 0 aliphatic heterocycles. The Hall–Kier alpha value is -2.07. The van der Waals surface area contributed by atoms with Crippen molar-refractivity contribution in [2.45, 2.75) is 17.3 Å². The maximum absolute atomic E-state index is 4.40. The zero-order valence-corrected chi connectivity index (χ0v) is 12.0. The Labute approximate surface area is 122 Å². The molecule has 0 spiro atoms. The normalized spacial score (nSPS) is 10.9. The third-order valence-electron chi connectivity index (χ3n) is 3.00. The molecule has 2 aromatic carbocycles. The summed E-state index contributed by atoms with van der Waals surface area (Å²) < 4.78 is 0. The molecule has 20 heavy (non-hydrogen) atoms. The Kier molecular flexibility index (Phi) is 3.83. The molecule has 3 rings (SSSR count). The van der Waals surface area contributed by atoms with Crippen molar-refractivity contribution in [3.8, 4) is 0 Å². The second-order valence-corrected chi connectivity index (χ2v) is 5.59. The molecule has 3 aromatic rings. The van der Waals surface area contributed by atoms with Gasteiger partial charge in [0.15, 0.2) is 0 Å². The lowest BCUT2D eigenvalue weighted by Crippen LogP contribution is -1.97. The van der Waals surface area contributed by atoms with E-state index in [0.29, 0.717) is 0 Å². The van der Waals surface area contributed by atoms with Crippen LogP contribution in [0.1, 0.15) is 22.2 Å². The molecule has 0 amide bonds. The monoisotopic (exact) mass is 281 g/mol.